The summed E-state index contributed by atoms with van der Waals surface area (Å²) in [7, 11) is 0. The van der Waals surface area contributed by atoms with Crippen LogP contribution in [0.5, 0.6) is 17.2 Å². The quantitative estimate of drug-likeness (QED) is 0.323. The summed E-state index contributed by atoms with van der Waals surface area (Å²) in [6, 6.07) is 9.01. The molecule has 1 aliphatic rings. The summed E-state index contributed by atoms with van der Waals surface area (Å²) in [6.45, 7) is 7.85. The molecule has 9 nitrogen and oxygen atoms in total. The first-order chi connectivity index (χ1) is 18.1. The largest absolute Gasteiger partial charge is 0.486 e. The van der Waals surface area contributed by atoms with Crippen molar-refractivity contribution in [3.63, 3.8) is 0 Å². The number of amides is 1. The van der Waals surface area contributed by atoms with Gasteiger partial charge in [-0.1, -0.05) is 6.07 Å². The molecule has 0 radical (unpaired) electrons. The van der Waals surface area contributed by atoms with Crippen LogP contribution in [0, 0.1) is 6.92 Å². The fraction of sp³-hybridized carbons (Fsp3) is 0.393. The Bertz CT molecular complexity index is 1410. The molecule has 1 aliphatic heterocycles. The third kappa shape index (κ3) is 6.42. The van der Waals surface area contributed by atoms with E-state index in [-0.39, 0.29) is 16.8 Å². The highest BCUT2D eigenvalue weighted by molar-refractivity contribution is 7.98. The van der Waals surface area contributed by atoms with E-state index in [1.165, 1.54) is 12.1 Å². The van der Waals surface area contributed by atoms with Crippen molar-refractivity contribution in [2.75, 3.05) is 25.2 Å². The molecule has 0 fully saturated rings. The Kier molecular flexibility index (Phi) is 8.20. The summed E-state index contributed by atoms with van der Waals surface area (Å²) in [5.74, 6) is 1.79. The SMILES string of the molecule is CSCCC(NC(=O)OC(C)(C)C)C(=O)Oc1ccc2c(=O)c(-c3ccc4c(c3)OCCO4)c(C)oc2c1. The van der Waals surface area contributed by atoms with Crippen LogP contribution in [0.15, 0.2) is 45.6 Å². The number of rotatable bonds is 7. The van der Waals surface area contributed by atoms with Crippen LogP contribution in [0.1, 0.15) is 33.0 Å². The topological polar surface area (TPSA) is 113 Å². The van der Waals surface area contributed by atoms with Crippen molar-refractivity contribution >= 4 is 34.8 Å². The molecule has 3 aromatic rings. The summed E-state index contributed by atoms with van der Waals surface area (Å²) < 4.78 is 28.0. The van der Waals surface area contributed by atoms with E-state index in [0.29, 0.717) is 59.2 Å². The van der Waals surface area contributed by atoms with Gasteiger partial charge in [0, 0.05) is 6.07 Å². The zero-order valence-electron chi connectivity index (χ0n) is 22.0. The summed E-state index contributed by atoms with van der Waals surface area (Å²) in [5.41, 5.74) is 0.424. The minimum absolute atomic E-state index is 0.192. The Morgan fingerprint density at radius 3 is 2.53 bits per heavy atom. The van der Waals surface area contributed by atoms with Crippen molar-refractivity contribution in [2.24, 2.45) is 0 Å². The molecule has 10 heteroatoms. The molecule has 1 unspecified atom stereocenters. The Hall–Kier alpha value is -3.66. The summed E-state index contributed by atoms with van der Waals surface area (Å²) >= 11 is 1.54. The van der Waals surface area contributed by atoms with E-state index in [1.54, 1.807) is 63.7 Å². The first-order valence-electron chi connectivity index (χ1n) is 12.2. The van der Waals surface area contributed by atoms with Crippen LogP contribution in [0.4, 0.5) is 4.79 Å². The van der Waals surface area contributed by atoms with E-state index in [0.717, 1.165) is 0 Å². The monoisotopic (exact) mass is 541 g/mol. The lowest BCUT2D eigenvalue weighted by atomic mass is 10.0. The van der Waals surface area contributed by atoms with Gasteiger partial charge in [0.05, 0.1) is 10.9 Å². The standard InChI is InChI=1S/C28H31NO8S/c1-16-24(17-6-9-21-23(14-17)34-12-11-33-21)25(30)19-8-7-18(15-22(19)35-16)36-26(31)20(10-13-38-5)29-27(32)37-28(2,3)4/h6-9,14-15,20H,10-13H2,1-5H3,(H,29,32). The normalized spacial score (nSPS) is 13.6. The Labute approximate surface area is 224 Å². The molecule has 0 aliphatic carbocycles. The average molecular weight is 542 g/mol. The van der Waals surface area contributed by atoms with E-state index in [4.69, 9.17) is 23.4 Å². The Morgan fingerprint density at radius 1 is 1.08 bits per heavy atom. The number of nitrogens with one attached hydrogen (secondary N) is 1. The molecule has 1 aromatic heterocycles. The number of thioether (sulfide) groups is 1. The fourth-order valence-electron chi connectivity index (χ4n) is 4.00. The molecule has 1 atom stereocenters. The van der Waals surface area contributed by atoms with Crippen molar-refractivity contribution in [1.29, 1.82) is 0 Å². The molecule has 202 valence electrons. The molecular weight excluding hydrogens is 510 g/mol. The number of ether oxygens (including phenoxy) is 4. The molecule has 0 spiro atoms. The molecule has 4 rings (SSSR count). The molecule has 1 amide bonds. The second-order valence-corrected chi connectivity index (χ2v) is 10.8. The highest BCUT2D eigenvalue weighted by Gasteiger charge is 2.26. The van der Waals surface area contributed by atoms with Crippen LogP contribution in [0.3, 0.4) is 0 Å². The molecule has 38 heavy (non-hydrogen) atoms. The number of carbonyl (C=O) groups excluding carboxylic acids is 2. The van der Waals surface area contributed by atoms with Gasteiger partial charge in [0.2, 0.25) is 5.43 Å². The van der Waals surface area contributed by atoms with Gasteiger partial charge in [-0.3, -0.25) is 4.79 Å². The number of benzene rings is 2. The highest BCUT2D eigenvalue weighted by Crippen LogP contribution is 2.35. The molecule has 0 saturated carbocycles. The minimum atomic E-state index is -0.903. The number of carbonyl (C=O) groups is 2. The van der Waals surface area contributed by atoms with Crippen molar-refractivity contribution in [3.8, 4) is 28.4 Å². The van der Waals surface area contributed by atoms with Crippen LogP contribution in [0.25, 0.3) is 22.1 Å². The minimum Gasteiger partial charge on any atom is -0.486 e. The van der Waals surface area contributed by atoms with Gasteiger partial charge >= 0.3 is 12.1 Å². The maximum atomic E-state index is 13.4. The van der Waals surface area contributed by atoms with Crippen LogP contribution in [0.2, 0.25) is 0 Å². The van der Waals surface area contributed by atoms with Crippen molar-refractivity contribution in [2.45, 2.75) is 45.8 Å². The van der Waals surface area contributed by atoms with E-state index < -0.39 is 23.7 Å². The van der Waals surface area contributed by atoms with E-state index in [9.17, 15) is 14.4 Å². The maximum Gasteiger partial charge on any atom is 0.408 e. The van der Waals surface area contributed by atoms with Gasteiger partial charge in [-0.2, -0.15) is 11.8 Å². The van der Waals surface area contributed by atoms with Crippen molar-refractivity contribution in [1.82, 2.24) is 5.32 Å². The summed E-state index contributed by atoms with van der Waals surface area (Å²) in [5, 5.41) is 2.93. The first kappa shape index (κ1) is 27.4. The number of esters is 1. The Balaban J connectivity index is 1.58. The first-order valence-corrected chi connectivity index (χ1v) is 13.6. The number of hydrogen-bond acceptors (Lipinski definition) is 9. The van der Waals surface area contributed by atoms with Gasteiger partial charge in [0.15, 0.2) is 11.5 Å². The predicted molar refractivity (Wildman–Crippen MR) is 145 cm³/mol. The average Bonchev–Trinajstić information content (AvgIpc) is 2.85. The third-order valence-electron chi connectivity index (χ3n) is 5.68. The van der Waals surface area contributed by atoms with E-state index in [1.807, 2.05) is 6.26 Å². The van der Waals surface area contributed by atoms with Crippen LogP contribution in [-0.2, 0) is 9.53 Å². The lowest BCUT2D eigenvalue weighted by Gasteiger charge is -2.22. The van der Waals surface area contributed by atoms with Gasteiger partial charge in [-0.05, 0) is 76.0 Å². The zero-order valence-corrected chi connectivity index (χ0v) is 22.9. The molecule has 1 N–H and O–H groups in total. The smallest absolute Gasteiger partial charge is 0.408 e. The molecule has 2 aromatic carbocycles. The summed E-state index contributed by atoms with van der Waals surface area (Å²) in [4.78, 5) is 38.6. The highest BCUT2D eigenvalue weighted by atomic mass is 32.2. The third-order valence-corrected chi connectivity index (χ3v) is 6.32. The summed E-state index contributed by atoms with van der Waals surface area (Å²) in [6.07, 6.45) is 1.57. The number of fused-ring (bicyclic) bond motifs is 2. The second kappa shape index (κ2) is 11.4. The van der Waals surface area contributed by atoms with Crippen molar-refractivity contribution < 1.29 is 33.0 Å². The van der Waals surface area contributed by atoms with Gasteiger partial charge in [0.1, 0.15) is 41.9 Å². The number of alkyl carbamates (subject to hydrolysis) is 1. The number of aryl methyl sites for hydroxylation is 1. The predicted octanol–water partition coefficient (Wildman–Crippen LogP) is 5.09. The van der Waals surface area contributed by atoms with Gasteiger partial charge < -0.3 is 28.7 Å². The molecular formula is C28H31NO8S. The van der Waals surface area contributed by atoms with E-state index in [2.05, 4.69) is 5.32 Å². The lowest BCUT2D eigenvalue weighted by Crippen LogP contribution is -2.45. The van der Waals surface area contributed by atoms with Crippen molar-refractivity contribution in [3.05, 3.63) is 52.4 Å². The molecule has 0 saturated heterocycles. The zero-order chi connectivity index (χ0) is 27.4. The van der Waals surface area contributed by atoms with Gasteiger partial charge in [-0.25, -0.2) is 9.59 Å². The van der Waals surface area contributed by atoms with Gasteiger partial charge in [-0.15, -0.1) is 0 Å². The van der Waals surface area contributed by atoms with Crippen LogP contribution in [-0.4, -0.2) is 48.9 Å². The van der Waals surface area contributed by atoms with Crippen LogP contribution >= 0.6 is 11.8 Å². The lowest BCUT2D eigenvalue weighted by molar-refractivity contribution is -0.136. The second-order valence-electron chi connectivity index (χ2n) is 9.78. The Morgan fingerprint density at radius 2 is 1.82 bits per heavy atom. The van der Waals surface area contributed by atoms with Gasteiger partial charge in [0.25, 0.3) is 0 Å². The molecule has 2 heterocycles. The molecule has 0 bridgehead atoms. The number of hydrogen-bond donors (Lipinski definition) is 1. The van der Waals surface area contributed by atoms with E-state index >= 15 is 0 Å². The maximum absolute atomic E-state index is 13.4. The van der Waals surface area contributed by atoms with Crippen LogP contribution < -0.4 is 25.0 Å². The fourth-order valence-corrected chi connectivity index (χ4v) is 4.48.